The van der Waals surface area contributed by atoms with Crippen molar-refractivity contribution in [1.82, 2.24) is 14.8 Å². The molecule has 0 spiro atoms. The van der Waals surface area contributed by atoms with Crippen LogP contribution in [-0.2, 0) is 5.75 Å². The van der Waals surface area contributed by atoms with Gasteiger partial charge in [-0.3, -0.25) is 4.79 Å². The molecule has 0 N–H and O–H groups in total. The van der Waals surface area contributed by atoms with Gasteiger partial charge in [0, 0.05) is 37.1 Å². The average Bonchev–Trinajstić information content (AvgIpc) is 3.10. The van der Waals surface area contributed by atoms with E-state index in [1.54, 1.807) is 11.8 Å². The van der Waals surface area contributed by atoms with Gasteiger partial charge in [-0.2, -0.15) is 0 Å². The number of thioether (sulfide) groups is 1. The van der Waals surface area contributed by atoms with Crippen LogP contribution in [0.2, 0.25) is 0 Å². The van der Waals surface area contributed by atoms with E-state index in [-0.39, 0.29) is 5.91 Å². The summed E-state index contributed by atoms with van der Waals surface area (Å²) in [5, 5.41) is 1.02. The van der Waals surface area contributed by atoms with Crippen LogP contribution in [0.5, 0.6) is 0 Å². The van der Waals surface area contributed by atoms with E-state index in [2.05, 4.69) is 36.0 Å². The third-order valence-electron chi connectivity index (χ3n) is 4.86. The van der Waals surface area contributed by atoms with Crippen LogP contribution in [0.15, 0.2) is 53.7 Å². The highest BCUT2D eigenvalue weighted by Crippen LogP contribution is 2.21. The lowest BCUT2D eigenvalue weighted by molar-refractivity contribution is 0.0740. The number of carbonyl (C=O) groups is 1. The van der Waals surface area contributed by atoms with Gasteiger partial charge in [0.25, 0.3) is 5.91 Å². The molecule has 1 unspecified atom stereocenters. The lowest BCUT2D eigenvalue weighted by Crippen LogP contribution is -2.36. The molecule has 138 valence electrons. The minimum Gasteiger partial charge on any atom is -0.339 e. The van der Waals surface area contributed by atoms with E-state index in [9.17, 15) is 4.79 Å². The molecule has 3 rings (SSSR count). The van der Waals surface area contributed by atoms with Crippen LogP contribution in [0, 0.1) is 5.92 Å². The first-order valence-electron chi connectivity index (χ1n) is 9.26. The quantitative estimate of drug-likeness (QED) is 0.696. The SMILES string of the molecule is CCN(CC1CCN(C)C1)C(=O)c1ccc(CSc2ccccn2)cc1. The van der Waals surface area contributed by atoms with Crippen LogP contribution < -0.4 is 0 Å². The van der Waals surface area contributed by atoms with E-state index in [0.717, 1.165) is 42.5 Å². The molecule has 1 fully saturated rings. The number of nitrogens with zero attached hydrogens (tertiary/aromatic N) is 3. The second-order valence-electron chi connectivity index (χ2n) is 6.91. The summed E-state index contributed by atoms with van der Waals surface area (Å²) >= 11 is 1.71. The molecule has 1 aliphatic rings. The molecule has 0 saturated carbocycles. The molecule has 1 aromatic carbocycles. The smallest absolute Gasteiger partial charge is 0.253 e. The van der Waals surface area contributed by atoms with Crippen molar-refractivity contribution < 1.29 is 4.79 Å². The number of pyridine rings is 1. The Balaban J connectivity index is 1.56. The van der Waals surface area contributed by atoms with Gasteiger partial charge in [-0.15, -0.1) is 11.8 Å². The standard InChI is InChI=1S/C21H27N3OS/c1-3-24(15-18-11-13-23(2)14-18)21(25)19-9-7-17(8-10-19)16-26-20-6-4-5-12-22-20/h4-10,12,18H,3,11,13-16H2,1-2H3. The van der Waals surface area contributed by atoms with Crippen LogP contribution in [0.3, 0.4) is 0 Å². The Hall–Kier alpha value is -1.85. The molecule has 0 aliphatic carbocycles. The maximum atomic E-state index is 12.8. The highest BCUT2D eigenvalue weighted by atomic mass is 32.2. The number of hydrogen-bond acceptors (Lipinski definition) is 4. The van der Waals surface area contributed by atoms with Crippen LogP contribution >= 0.6 is 11.8 Å². The molecule has 1 atom stereocenters. The van der Waals surface area contributed by atoms with Crippen molar-refractivity contribution in [3.8, 4) is 0 Å². The number of rotatable bonds is 7. The van der Waals surface area contributed by atoms with Gasteiger partial charge in [0.15, 0.2) is 0 Å². The van der Waals surface area contributed by atoms with Crippen LogP contribution in [0.1, 0.15) is 29.3 Å². The van der Waals surface area contributed by atoms with E-state index in [4.69, 9.17) is 0 Å². The molecule has 4 nitrogen and oxygen atoms in total. The largest absolute Gasteiger partial charge is 0.339 e. The molecule has 1 saturated heterocycles. The fourth-order valence-corrected chi connectivity index (χ4v) is 4.18. The van der Waals surface area contributed by atoms with Gasteiger partial charge in [0.1, 0.15) is 0 Å². The Morgan fingerprint density at radius 1 is 1.27 bits per heavy atom. The Morgan fingerprint density at radius 3 is 2.69 bits per heavy atom. The summed E-state index contributed by atoms with van der Waals surface area (Å²) in [6.45, 7) is 5.91. The first-order valence-corrected chi connectivity index (χ1v) is 10.2. The van der Waals surface area contributed by atoms with E-state index in [0.29, 0.717) is 5.92 Å². The van der Waals surface area contributed by atoms with Crippen LogP contribution in [0.25, 0.3) is 0 Å². The first-order chi connectivity index (χ1) is 12.7. The van der Waals surface area contributed by atoms with E-state index < -0.39 is 0 Å². The maximum absolute atomic E-state index is 12.8. The summed E-state index contributed by atoms with van der Waals surface area (Å²) in [5.74, 6) is 1.60. The van der Waals surface area contributed by atoms with Crippen molar-refractivity contribution in [1.29, 1.82) is 0 Å². The first kappa shape index (κ1) is 18.9. The molecule has 1 amide bonds. The van der Waals surface area contributed by atoms with Gasteiger partial charge in [-0.25, -0.2) is 4.98 Å². The van der Waals surface area contributed by atoms with Crippen molar-refractivity contribution in [2.24, 2.45) is 5.92 Å². The number of hydrogen-bond donors (Lipinski definition) is 0. The Morgan fingerprint density at radius 2 is 2.08 bits per heavy atom. The fourth-order valence-electron chi connectivity index (χ4n) is 3.36. The van der Waals surface area contributed by atoms with Gasteiger partial charge >= 0.3 is 0 Å². The van der Waals surface area contributed by atoms with Crippen molar-refractivity contribution in [3.63, 3.8) is 0 Å². The van der Waals surface area contributed by atoms with E-state index in [1.165, 1.54) is 12.0 Å². The minimum atomic E-state index is 0.144. The number of aromatic nitrogens is 1. The highest BCUT2D eigenvalue weighted by Gasteiger charge is 2.24. The second kappa shape index (κ2) is 9.19. The van der Waals surface area contributed by atoms with Crippen LogP contribution in [-0.4, -0.2) is 53.9 Å². The molecule has 5 heteroatoms. The fraction of sp³-hybridized carbons (Fsp3) is 0.429. The molecule has 2 heterocycles. The van der Waals surface area contributed by atoms with Crippen molar-refractivity contribution in [2.45, 2.75) is 24.1 Å². The number of amides is 1. The van der Waals surface area contributed by atoms with Gasteiger partial charge in [-0.05, 0) is 62.7 Å². The number of carbonyl (C=O) groups excluding carboxylic acids is 1. The zero-order valence-corrected chi connectivity index (χ0v) is 16.4. The Kier molecular flexibility index (Phi) is 6.69. The lowest BCUT2D eigenvalue weighted by Gasteiger charge is -2.24. The molecule has 26 heavy (non-hydrogen) atoms. The monoisotopic (exact) mass is 369 g/mol. The zero-order chi connectivity index (χ0) is 18.4. The molecular formula is C21H27N3OS. The van der Waals surface area contributed by atoms with Gasteiger partial charge in [0.05, 0.1) is 5.03 Å². The topological polar surface area (TPSA) is 36.4 Å². The summed E-state index contributed by atoms with van der Waals surface area (Å²) in [6, 6.07) is 14.0. The van der Waals surface area contributed by atoms with Gasteiger partial charge in [-0.1, -0.05) is 18.2 Å². The van der Waals surface area contributed by atoms with Crippen molar-refractivity contribution >= 4 is 17.7 Å². The summed E-state index contributed by atoms with van der Waals surface area (Å²) in [7, 11) is 2.15. The molecular weight excluding hydrogens is 342 g/mol. The van der Waals surface area contributed by atoms with Crippen molar-refractivity contribution in [2.75, 3.05) is 33.2 Å². The Labute approximate surface area is 160 Å². The summed E-state index contributed by atoms with van der Waals surface area (Å²) in [5.41, 5.74) is 1.99. The predicted molar refractivity (Wildman–Crippen MR) is 107 cm³/mol. The summed E-state index contributed by atoms with van der Waals surface area (Å²) in [6.07, 6.45) is 3.00. The molecule has 0 bridgehead atoms. The minimum absolute atomic E-state index is 0.144. The molecule has 1 aromatic heterocycles. The van der Waals surface area contributed by atoms with Gasteiger partial charge < -0.3 is 9.80 Å². The number of benzene rings is 1. The molecule has 1 aliphatic heterocycles. The maximum Gasteiger partial charge on any atom is 0.253 e. The molecule has 2 aromatic rings. The summed E-state index contributed by atoms with van der Waals surface area (Å²) in [4.78, 5) is 21.5. The lowest BCUT2D eigenvalue weighted by atomic mass is 10.1. The summed E-state index contributed by atoms with van der Waals surface area (Å²) < 4.78 is 0. The van der Waals surface area contributed by atoms with Crippen molar-refractivity contribution in [3.05, 3.63) is 59.8 Å². The third kappa shape index (κ3) is 5.08. The second-order valence-corrected chi connectivity index (χ2v) is 7.91. The Bertz CT molecular complexity index is 705. The van der Waals surface area contributed by atoms with Crippen LogP contribution in [0.4, 0.5) is 0 Å². The average molecular weight is 370 g/mol. The highest BCUT2D eigenvalue weighted by molar-refractivity contribution is 7.98. The van der Waals surface area contributed by atoms with Gasteiger partial charge in [0.2, 0.25) is 0 Å². The zero-order valence-electron chi connectivity index (χ0n) is 15.6. The normalized spacial score (nSPS) is 17.4. The third-order valence-corrected chi connectivity index (χ3v) is 5.88. The van der Waals surface area contributed by atoms with E-state index >= 15 is 0 Å². The molecule has 0 radical (unpaired) electrons. The number of likely N-dealkylation sites (tertiary alicyclic amines) is 1. The van der Waals surface area contributed by atoms with E-state index in [1.807, 2.05) is 41.4 Å². The predicted octanol–water partition coefficient (Wildman–Crippen LogP) is 3.79.